The van der Waals surface area contributed by atoms with E-state index in [1.807, 2.05) is 32.0 Å². The van der Waals surface area contributed by atoms with E-state index in [1.54, 1.807) is 4.57 Å². The molecule has 1 N–H and O–H groups in total. The molecule has 1 atom stereocenters. The van der Waals surface area contributed by atoms with Gasteiger partial charge in [0.15, 0.2) is 0 Å². The Hall–Kier alpha value is -3.25. The molecule has 0 bridgehead atoms. The number of rotatable bonds is 6. The van der Waals surface area contributed by atoms with Gasteiger partial charge in [-0.3, -0.25) is 19.1 Å². The number of amides is 1. The molecule has 1 aliphatic heterocycles. The predicted molar refractivity (Wildman–Crippen MR) is 132 cm³/mol. The summed E-state index contributed by atoms with van der Waals surface area (Å²) in [5.41, 5.74) is 5.30. The number of fused-ring (bicyclic) bond motifs is 2. The van der Waals surface area contributed by atoms with Gasteiger partial charge in [0.25, 0.3) is 5.56 Å². The molecule has 1 amide bonds. The highest BCUT2D eigenvalue weighted by molar-refractivity contribution is 5.76. The fraction of sp³-hybridized carbons (Fsp3) is 0.393. The number of nitrogens with one attached hydrogen (secondary N) is 1. The summed E-state index contributed by atoms with van der Waals surface area (Å²) in [6.45, 7) is 6.38. The van der Waals surface area contributed by atoms with E-state index in [-0.39, 0.29) is 30.0 Å². The lowest BCUT2D eigenvalue weighted by molar-refractivity contribution is -0.122. The van der Waals surface area contributed by atoms with Crippen molar-refractivity contribution in [2.75, 3.05) is 6.54 Å². The quantitative estimate of drug-likeness (QED) is 0.614. The number of aryl methyl sites for hydroxylation is 1. The Bertz CT molecular complexity index is 1250. The second-order valence-corrected chi connectivity index (χ2v) is 9.75. The highest BCUT2D eigenvalue weighted by Crippen LogP contribution is 2.30. The Morgan fingerprint density at radius 3 is 2.65 bits per heavy atom. The van der Waals surface area contributed by atoms with Crippen molar-refractivity contribution in [3.8, 4) is 0 Å². The lowest BCUT2D eigenvalue weighted by Gasteiger charge is -2.29. The van der Waals surface area contributed by atoms with Gasteiger partial charge in [0, 0.05) is 31.1 Å². The zero-order valence-corrected chi connectivity index (χ0v) is 20.0. The maximum absolute atomic E-state index is 13.5. The summed E-state index contributed by atoms with van der Waals surface area (Å²) in [6.07, 6.45) is 2.53. The van der Waals surface area contributed by atoms with Gasteiger partial charge in [-0.2, -0.15) is 0 Å². The largest absolute Gasteiger partial charge is 0.348 e. The summed E-state index contributed by atoms with van der Waals surface area (Å²) < 4.78 is 1.60. The third-order valence-corrected chi connectivity index (χ3v) is 6.96. The van der Waals surface area contributed by atoms with Gasteiger partial charge in [0.2, 0.25) is 5.91 Å². The van der Waals surface area contributed by atoms with Crippen molar-refractivity contribution >= 4 is 5.91 Å². The van der Waals surface area contributed by atoms with E-state index in [4.69, 9.17) is 4.98 Å². The van der Waals surface area contributed by atoms with Crippen LogP contribution in [0.4, 0.5) is 0 Å². The van der Waals surface area contributed by atoms with Crippen molar-refractivity contribution in [2.45, 2.75) is 64.7 Å². The Labute approximate surface area is 200 Å². The zero-order chi connectivity index (χ0) is 23.7. The highest BCUT2D eigenvalue weighted by Gasteiger charge is 2.27. The molecule has 0 spiro atoms. The predicted octanol–water partition coefficient (Wildman–Crippen LogP) is 3.73. The van der Waals surface area contributed by atoms with Gasteiger partial charge in [-0.25, -0.2) is 4.98 Å². The molecule has 0 fully saturated rings. The maximum Gasteiger partial charge on any atom is 0.257 e. The molecule has 1 unspecified atom stereocenters. The number of benzene rings is 2. The molecule has 176 valence electrons. The first kappa shape index (κ1) is 22.5. The standard InChI is InChI=1S/C28H32N4O2/c1-19(2)27-30-25-17-31(16-20-8-4-3-5-9-20)15-14-23(25)28(34)32(27)18-26(33)29-24-13-12-21-10-6-7-11-22(21)24/h3-11,19,24H,12-18H2,1-2H3,(H,29,33). The van der Waals surface area contributed by atoms with E-state index in [0.29, 0.717) is 18.8 Å². The summed E-state index contributed by atoms with van der Waals surface area (Å²) in [5, 5.41) is 3.16. The fourth-order valence-corrected chi connectivity index (χ4v) is 5.26. The molecule has 6 nitrogen and oxygen atoms in total. The number of carbonyl (C=O) groups excluding carboxylic acids is 1. The van der Waals surface area contributed by atoms with E-state index in [1.165, 1.54) is 16.7 Å². The SMILES string of the molecule is CC(C)c1nc2c(c(=O)n1CC(=O)NC1CCc3ccccc31)CCN(Cc1ccccc1)C2. The fourth-order valence-electron chi connectivity index (χ4n) is 5.26. The molecular weight excluding hydrogens is 424 g/mol. The number of carbonyl (C=O) groups is 1. The maximum atomic E-state index is 13.5. The second kappa shape index (κ2) is 9.55. The van der Waals surface area contributed by atoms with E-state index in [0.717, 1.165) is 37.2 Å². The Balaban J connectivity index is 1.35. The monoisotopic (exact) mass is 456 g/mol. The first-order chi connectivity index (χ1) is 16.5. The van der Waals surface area contributed by atoms with Gasteiger partial charge in [0.1, 0.15) is 12.4 Å². The van der Waals surface area contributed by atoms with Crippen LogP contribution in [0.3, 0.4) is 0 Å². The first-order valence-electron chi connectivity index (χ1n) is 12.3. The van der Waals surface area contributed by atoms with Crippen LogP contribution in [0.15, 0.2) is 59.4 Å². The number of nitrogens with zero attached hydrogens (tertiary/aromatic N) is 3. The topological polar surface area (TPSA) is 67.2 Å². The minimum Gasteiger partial charge on any atom is -0.348 e. The van der Waals surface area contributed by atoms with Crippen LogP contribution in [0.2, 0.25) is 0 Å². The summed E-state index contributed by atoms with van der Waals surface area (Å²) in [5.74, 6) is 0.601. The summed E-state index contributed by atoms with van der Waals surface area (Å²) in [6, 6.07) is 18.7. The van der Waals surface area contributed by atoms with Gasteiger partial charge in [-0.15, -0.1) is 0 Å². The van der Waals surface area contributed by atoms with Gasteiger partial charge < -0.3 is 5.32 Å². The van der Waals surface area contributed by atoms with Crippen LogP contribution in [0.1, 0.15) is 66.0 Å². The molecule has 2 aliphatic rings. The van der Waals surface area contributed by atoms with Crippen molar-refractivity contribution in [2.24, 2.45) is 0 Å². The van der Waals surface area contributed by atoms with Crippen molar-refractivity contribution in [3.63, 3.8) is 0 Å². The van der Waals surface area contributed by atoms with E-state index < -0.39 is 0 Å². The van der Waals surface area contributed by atoms with Crippen molar-refractivity contribution in [1.29, 1.82) is 0 Å². The minimum atomic E-state index is -0.131. The average Bonchev–Trinajstić information content (AvgIpc) is 3.24. The molecule has 5 rings (SSSR count). The van der Waals surface area contributed by atoms with Crippen LogP contribution in [0.25, 0.3) is 0 Å². The molecule has 1 aromatic heterocycles. The average molecular weight is 457 g/mol. The van der Waals surface area contributed by atoms with Gasteiger partial charge in [-0.1, -0.05) is 68.4 Å². The summed E-state index contributed by atoms with van der Waals surface area (Å²) >= 11 is 0. The lowest BCUT2D eigenvalue weighted by atomic mass is 10.0. The van der Waals surface area contributed by atoms with E-state index >= 15 is 0 Å². The van der Waals surface area contributed by atoms with Crippen LogP contribution in [-0.4, -0.2) is 26.9 Å². The summed E-state index contributed by atoms with van der Waals surface area (Å²) in [4.78, 5) is 33.8. The van der Waals surface area contributed by atoms with Crippen LogP contribution in [0, 0.1) is 0 Å². The molecule has 2 aromatic carbocycles. The molecule has 2 heterocycles. The van der Waals surface area contributed by atoms with Crippen molar-refractivity contribution < 1.29 is 4.79 Å². The molecule has 0 saturated heterocycles. The van der Waals surface area contributed by atoms with Crippen LogP contribution >= 0.6 is 0 Å². The molecule has 3 aromatic rings. The first-order valence-corrected chi connectivity index (χ1v) is 12.3. The number of hydrogen-bond acceptors (Lipinski definition) is 4. The van der Waals surface area contributed by atoms with Gasteiger partial charge >= 0.3 is 0 Å². The normalized spacial score (nSPS) is 17.4. The van der Waals surface area contributed by atoms with Crippen LogP contribution in [-0.2, 0) is 37.3 Å². The highest BCUT2D eigenvalue weighted by atomic mass is 16.2. The molecular formula is C28H32N4O2. The van der Waals surface area contributed by atoms with Gasteiger partial charge in [-0.05, 0) is 36.0 Å². The lowest BCUT2D eigenvalue weighted by Crippen LogP contribution is -2.41. The molecule has 0 radical (unpaired) electrons. The van der Waals surface area contributed by atoms with Crippen LogP contribution in [0.5, 0.6) is 0 Å². The van der Waals surface area contributed by atoms with Crippen molar-refractivity contribution in [3.05, 3.63) is 98.7 Å². The third-order valence-electron chi connectivity index (χ3n) is 6.96. The van der Waals surface area contributed by atoms with E-state index in [9.17, 15) is 9.59 Å². The van der Waals surface area contributed by atoms with E-state index in [2.05, 4.69) is 46.6 Å². The Morgan fingerprint density at radius 1 is 1.09 bits per heavy atom. The second-order valence-electron chi connectivity index (χ2n) is 9.75. The molecule has 1 aliphatic carbocycles. The van der Waals surface area contributed by atoms with Crippen molar-refractivity contribution in [1.82, 2.24) is 19.8 Å². The minimum absolute atomic E-state index is 0.0129. The number of aromatic nitrogens is 2. The molecule has 6 heteroatoms. The number of hydrogen-bond donors (Lipinski definition) is 1. The summed E-state index contributed by atoms with van der Waals surface area (Å²) in [7, 11) is 0. The zero-order valence-electron chi connectivity index (χ0n) is 20.0. The van der Waals surface area contributed by atoms with Crippen LogP contribution < -0.4 is 10.9 Å². The van der Waals surface area contributed by atoms with Gasteiger partial charge in [0.05, 0.1) is 11.7 Å². The third kappa shape index (κ3) is 4.55. The molecule has 0 saturated carbocycles. The smallest absolute Gasteiger partial charge is 0.257 e. The molecule has 34 heavy (non-hydrogen) atoms. The Kier molecular flexibility index (Phi) is 6.33. The Morgan fingerprint density at radius 2 is 1.85 bits per heavy atom.